The van der Waals surface area contributed by atoms with Gasteiger partial charge < -0.3 is 4.74 Å². The van der Waals surface area contributed by atoms with Crippen molar-refractivity contribution in [2.75, 3.05) is 0 Å². The largest absolute Gasteiger partial charge is 0.498 e. The summed E-state index contributed by atoms with van der Waals surface area (Å²) in [4.78, 5) is 0. The van der Waals surface area contributed by atoms with Crippen LogP contribution in [-0.4, -0.2) is 6.10 Å². The van der Waals surface area contributed by atoms with Gasteiger partial charge in [-0.05, 0) is 42.6 Å². The van der Waals surface area contributed by atoms with Gasteiger partial charge in [0.1, 0.15) is 6.10 Å². The fourth-order valence-corrected chi connectivity index (χ4v) is 3.60. The molecule has 78 valence electrons. The standard InChI is InChI=1S/C13H20O/c1-9-3-4-11-12(7-9)14-6-5-10-8-13(10,11)2/h5-6,9-12H,3-4,7-8H2,1-2H3/t9-,10?,11-,12-,13?/m1/s1. The maximum absolute atomic E-state index is 5.86. The predicted molar refractivity (Wildman–Crippen MR) is 56.7 cm³/mol. The fourth-order valence-electron chi connectivity index (χ4n) is 3.60. The molecule has 0 amide bonds. The highest BCUT2D eigenvalue weighted by Crippen LogP contribution is 2.63. The van der Waals surface area contributed by atoms with Crippen LogP contribution in [0.2, 0.25) is 0 Å². The highest BCUT2D eigenvalue weighted by atomic mass is 16.5. The molecule has 2 saturated carbocycles. The predicted octanol–water partition coefficient (Wildman–Crippen LogP) is 3.36. The Balaban J connectivity index is 1.84. The van der Waals surface area contributed by atoms with Crippen molar-refractivity contribution < 1.29 is 4.74 Å². The minimum Gasteiger partial charge on any atom is -0.498 e. The monoisotopic (exact) mass is 192 g/mol. The van der Waals surface area contributed by atoms with E-state index in [4.69, 9.17) is 4.74 Å². The molecule has 2 aliphatic carbocycles. The minimum atomic E-state index is 0.521. The minimum absolute atomic E-state index is 0.521. The normalized spacial score (nSPS) is 55.3. The summed E-state index contributed by atoms with van der Waals surface area (Å²) in [6.07, 6.45) is 10.3. The molecular formula is C13H20O. The van der Waals surface area contributed by atoms with E-state index >= 15 is 0 Å². The van der Waals surface area contributed by atoms with Crippen LogP contribution in [0.4, 0.5) is 0 Å². The molecule has 1 aliphatic heterocycles. The fraction of sp³-hybridized carbons (Fsp3) is 0.846. The molecule has 2 unspecified atom stereocenters. The SMILES string of the molecule is C[C@@H]1CC[C@@H]2[C@@H](C1)OC=CC1CC12C. The van der Waals surface area contributed by atoms with Crippen molar-refractivity contribution in [3.8, 4) is 0 Å². The van der Waals surface area contributed by atoms with Gasteiger partial charge in [-0.1, -0.05) is 20.3 Å². The average Bonchev–Trinajstić information content (AvgIpc) is 2.78. The van der Waals surface area contributed by atoms with Crippen molar-refractivity contribution >= 4 is 0 Å². The van der Waals surface area contributed by atoms with Crippen molar-refractivity contribution in [2.24, 2.45) is 23.2 Å². The number of hydrogen-bond acceptors (Lipinski definition) is 1. The highest BCUT2D eigenvalue weighted by molar-refractivity contribution is 5.15. The van der Waals surface area contributed by atoms with Gasteiger partial charge in [0.05, 0.1) is 6.26 Å². The van der Waals surface area contributed by atoms with Crippen LogP contribution in [0.15, 0.2) is 12.3 Å². The molecule has 3 rings (SSSR count). The van der Waals surface area contributed by atoms with Crippen LogP contribution >= 0.6 is 0 Å². The average molecular weight is 192 g/mol. The Hall–Kier alpha value is -0.460. The van der Waals surface area contributed by atoms with Gasteiger partial charge >= 0.3 is 0 Å². The van der Waals surface area contributed by atoms with Gasteiger partial charge in [0.2, 0.25) is 0 Å². The smallest absolute Gasteiger partial charge is 0.101 e. The van der Waals surface area contributed by atoms with E-state index in [-0.39, 0.29) is 0 Å². The summed E-state index contributed by atoms with van der Waals surface area (Å²) in [5.74, 6) is 2.52. The van der Waals surface area contributed by atoms with Gasteiger partial charge in [0.25, 0.3) is 0 Å². The van der Waals surface area contributed by atoms with Gasteiger partial charge in [0, 0.05) is 5.92 Å². The van der Waals surface area contributed by atoms with Crippen LogP contribution in [-0.2, 0) is 4.74 Å². The Morgan fingerprint density at radius 3 is 3.07 bits per heavy atom. The molecule has 0 saturated heterocycles. The van der Waals surface area contributed by atoms with E-state index in [0.29, 0.717) is 11.5 Å². The Bertz CT molecular complexity index is 270. The van der Waals surface area contributed by atoms with E-state index in [9.17, 15) is 0 Å². The second-order valence-electron chi connectivity index (χ2n) is 5.84. The van der Waals surface area contributed by atoms with Crippen LogP contribution in [0.1, 0.15) is 39.5 Å². The lowest BCUT2D eigenvalue weighted by molar-refractivity contribution is 0.00663. The second-order valence-corrected chi connectivity index (χ2v) is 5.84. The van der Waals surface area contributed by atoms with Crippen molar-refractivity contribution in [3.63, 3.8) is 0 Å². The summed E-state index contributed by atoms with van der Waals surface area (Å²) in [5, 5.41) is 0. The first kappa shape index (κ1) is 8.82. The van der Waals surface area contributed by atoms with E-state index in [1.165, 1.54) is 25.7 Å². The van der Waals surface area contributed by atoms with Crippen LogP contribution in [0.25, 0.3) is 0 Å². The Kier molecular flexibility index (Phi) is 1.75. The summed E-state index contributed by atoms with van der Waals surface area (Å²) in [5.41, 5.74) is 0.595. The van der Waals surface area contributed by atoms with E-state index in [1.54, 1.807) is 0 Å². The molecule has 0 spiro atoms. The number of ether oxygens (including phenoxy) is 1. The first-order valence-corrected chi connectivity index (χ1v) is 6.02. The Labute approximate surface area is 86.5 Å². The molecule has 2 fully saturated rings. The third-order valence-corrected chi connectivity index (χ3v) is 4.81. The summed E-state index contributed by atoms with van der Waals surface area (Å²) in [7, 11) is 0. The first-order valence-electron chi connectivity index (χ1n) is 6.02. The number of fused-ring (bicyclic) bond motifs is 3. The maximum atomic E-state index is 5.86. The summed E-state index contributed by atoms with van der Waals surface area (Å²) >= 11 is 0. The Morgan fingerprint density at radius 2 is 2.21 bits per heavy atom. The second kappa shape index (κ2) is 2.77. The van der Waals surface area contributed by atoms with Gasteiger partial charge in [-0.15, -0.1) is 0 Å². The number of rotatable bonds is 0. The molecule has 1 nitrogen and oxygen atoms in total. The Morgan fingerprint density at radius 1 is 1.36 bits per heavy atom. The van der Waals surface area contributed by atoms with E-state index in [2.05, 4.69) is 19.9 Å². The molecule has 0 aromatic heterocycles. The van der Waals surface area contributed by atoms with E-state index in [1.807, 2.05) is 6.26 Å². The third-order valence-electron chi connectivity index (χ3n) is 4.81. The van der Waals surface area contributed by atoms with Crippen molar-refractivity contribution in [3.05, 3.63) is 12.3 Å². The van der Waals surface area contributed by atoms with Crippen LogP contribution in [0, 0.1) is 23.2 Å². The quantitative estimate of drug-likeness (QED) is 0.572. The van der Waals surface area contributed by atoms with Crippen LogP contribution < -0.4 is 0 Å². The zero-order valence-electron chi connectivity index (χ0n) is 9.20. The molecular weight excluding hydrogens is 172 g/mol. The van der Waals surface area contributed by atoms with Crippen LogP contribution in [0.5, 0.6) is 0 Å². The molecule has 14 heavy (non-hydrogen) atoms. The van der Waals surface area contributed by atoms with Gasteiger partial charge in [-0.3, -0.25) is 0 Å². The molecule has 0 radical (unpaired) electrons. The lowest BCUT2D eigenvalue weighted by atomic mass is 9.72. The molecule has 5 atom stereocenters. The molecule has 0 N–H and O–H groups in total. The van der Waals surface area contributed by atoms with Gasteiger partial charge in [-0.25, -0.2) is 0 Å². The third kappa shape index (κ3) is 1.14. The van der Waals surface area contributed by atoms with Crippen molar-refractivity contribution in [1.29, 1.82) is 0 Å². The van der Waals surface area contributed by atoms with E-state index < -0.39 is 0 Å². The molecule has 3 aliphatic rings. The zero-order chi connectivity index (χ0) is 9.76. The molecule has 1 heteroatoms. The van der Waals surface area contributed by atoms with E-state index in [0.717, 1.165) is 17.8 Å². The number of allylic oxidation sites excluding steroid dienone is 1. The maximum Gasteiger partial charge on any atom is 0.101 e. The molecule has 0 bridgehead atoms. The van der Waals surface area contributed by atoms with Crippen molar-refractivity contribution in [2.45, 2.75) is 45.6 Å². The summed E-state index contributed by atoms with van der Waals surface area (Å²) in [6, 6.07) is 0. The zero-order valence-corrected chi connectivity index (χ0v) is 9.20. The summed E-state index contributed by atoms with van der Waals surface area (Å²) < 4.78 is 5.86. The molecule has 1 heterocycles. The number of hydrogen-bond donors (Lipinski definition) is 0. The molecule has 0 aromatic rings. The van der Waals surface area contributed by atoms with Crippen molar-refractivity contribution in [1.82, 2.24) is 0 Å². The topological polar surface area (TPSA) is 9.23 Å². The lowest BCUT2D eigenvalue weighted by Gasteiger charge is -2.37. The highest BCUT2D eigenvalue weighted by Gasteiger charge is 2.57. The molecule has 0 aromatic carbocycles. The first-order chi connectivity index (χ1) is 6.70. The van der Waals surface area contributed by atoms with Crippen LogP contribution in [0.3, 0.4) is 0 Å². The lowest BCUT2D eigenvalue weighted by Crippen LogP contribution is -2.34. The van der Waals surface area contributed by atoms with Gasteiger partial charge in [0.15, 0.2) is 0 Å². The van der Waals surface area contributed by atoms with Gasteiger partial charge in [-0.2, -0.15) is 0 Å². The summed E-state index contributed by atoms with van der Waals surface area (Å²) in [6.45, 7) is 4.82.